The molecule has 1 aromatic rings. The van der Waals surface area contributed by atoms with Gasteiger partial charge in [0.05, 0.1) is 4.90 Å². The van der Waals surface area contributed by atoms with Crippen molar-refractivity contribution >= 4 is 21.9 Å². The Morgan fingerprint density at radius 1 is 1.19 bits per heavy atom. The van der Waals surface area contributed by atoms with Gasteiger partial charge in [0.15, 0.2) is 0 Å². The van der Waals surface area contributed by atoms with Gasteiger partial charge in [-0.2, -0.15) is 4.31 Å². The van der Waals surface area contributed by atoms with Gasteiger partial charge in [-0.05, 0) is 51.2 Å². The van der Waals surface area contributed by atoms with Crippen LogP contribution in [0.5, 0.6) is 0 Å². The highest BCUT2D eigenvalue weighted by Crippen LogP contribution is 2.36. The molecule has 8 heteroatoms. The Morgan fingerprint density at radius 3 is 2.31 bits per heavy atom. The molecule has 0 aromatic heterocycles. The number of carboxylic acids is 1. The number of hydrogen-bond donors (Lipinski definition) is 2. The van der Waals surface area contributed by atoms with Crippen LogP contribution in [0.25, 0.3) is 0 Å². The number of nitrogens with zero attached hydrogens (tertiary/aromatic N) is 1. The van der Waals surface area contributed by atoms with Gasteiger partial charge >= 0.3 is 5.97 Å². The molecule has 1 aliphatic carbocycles. The molecule has 2 aliphatic rings. The summed E-state index contributed by atoms with van der Waals surface area (Å²) in [7, 11) is -3.59. The van der Waals surface area contributed by atoms with Gasteiger partial charge in [-0.15, -0.1) is 0 Å². The van der Waals surface area contributed by atoms with Crippen molar-refractivity contribution in [1.82, 2.24) is 9.62 Å². The van der Waals surface area contributed by atoms with E-state index < -0.39 is 21.5 Å². The molecular weight excluding hydrogens is 356 g/mol. The fourth-order valence-corrected chi connectivity index (χ4v) is 5.12. The van der Waals surface area contributed by atoms with Crippen molar-refractivity contribution in [3.63, 3.8) is 0 Å². The topological polar surface area (TPSA) is 104 Å². The third-order valence-corrected chi connectivity index (χ3v) is 7.35. The third kappa shape index (κ3) is 3.48. The minimum atomic E-state index is -3.59. The van der Waals surface area contributed by atoms with Crippen molar-refractivity contribution in [3.8, 4) is 0 Å². The number of aliphatic carboxylic acids is 1. The summed E-state index contributed by atoms with van der Waals surface area (Å²) in [6.45, 7) is 4.21. The van der Waals surface area contributed by atoms with Crippen molar-refractivity contribution in [2.75, 3.05) is 13.1 Å². The maximum Gasteiger partial charge on any atom is 0.329 e. The summed E-state index contributed by atoms with van der Waals surface area (Å²) in [4.78, 5) is 23.8. The lowest BCUT2D eigenvalue weighted by atomic mass is 9.96. The number of benzene rings is 1. The van der Waals surface area contributed by atoms with Crippen molar-refractivity contribution < 1.29 is 23.1 Å². The van der Waals surface area contributed by atoms with E-state index in [1.54, 1.807) is 19.1 Å². The predicted octanol–water partition coefficient (Wildman–Crippen LogP) is 1.44. The van der Waals surface area contributed by atoms with Gasteiger partial charge in [0.2, 0.25) is 15.9 Å². The molecule has 0 unspecified atom stereocenters. The first-order chi connectivity index (χ1) is 12.2. The van der Waals surface area contributed by atoms with E-state index in [4.69, 9.17) is 5.11 Å². The quantitative estimate of drug-likeness (QED) is 0.804. The molecule has 0 atom stereocenters. The molecule has 1 saturated heterocycles. The maximum absolute atomic E-state index is 12.9. The van der Waals surface area contributed by atoms with Crippen LogP contribution in [0, 0.1) is 19.8 Å². The summed E-state index contributed by atoms with van der Waals surface area (Å²) >= 11 is 0. The molecule has 2 N–H and O–H groups in total. The Morgan fingerprint density at radius 2 is 1.81 bits per heavy atom. The monoisotopic (exact) mass is 380 g/mol. The molecule has 1 aliphatic heterocycles. The van der Waals surface area contributed by atoms with Crippen LogP contribution in [0.2, 0.25) is 0 Å². The van der Waals surface area contributed by atoms with Gasteiger partial charge in [-0.25, -0.2) is 13.2 Å². The van der Waals surface area contributed by atoms with Gasteiger partial charge in [0.25, 0.3) is 0 Å². The Bertz CT molecular complexity index is 837. The number of carbonyl (C=O) groups excluding carboxylic acids is 1. The van der Waals surface area contributed by atoms with Crippen LogP contribution in [-0.2, 0) is 19.6 Å². The van der Waals surface area contributed by atoms with Crippen molar-refractivity contribution in [3.05, 3.63) is 29.3 Å². The lowest BCUT2D eigenvalue weighted by Crippen LogP contribution is -2.48. The second-order valence-electron chi connectivity index (χ2n) is 7.32. The Balaban J connectivity index is 1.64. The fourth-order valence-electron chi connectivity index (χ4n) is 3.44. The van der Waals surface area contributed by atoms with Crippen LogP contribution in [-0.4, -0.2) is 48.3 Å². The van der Waals surface area contributed by atoms with Gasteiger partial charge in [-0.1, -0.05) is 17.7 Å². The molecule has 7 nitrogen and oxygen atoms in total. The minimum Gasteiger partial charge on any atom is -0.480 e. The Labute approximate surface area is 153 Å². The van der Waals surface area contributed by atoms with Gasteiger partial charge in [-0.3, -0.25) is 4.79 Å². The normalized spacial score (nSPS) is 20.5. The summed E-state index contributed by atoms with van der Waals surface area (Å²) in [5.41, 5.74) is 0.616. The summed E-state index contributed by atoms with van der Waals surface area (Å²) in [6.07, 6.45) is 1.69. The van der Waals surface area contributed by atoms with E-state index in [9.17, 15) is 18.0 Å². The molecule has 1 heterocycles. The van der Waals surface area contributed by atoms with E-state index in [0.717, 1.165) is 5.56 Å². The number of carbonyl (C=O) groups is 2. The molecule has 26 heavy (non-hydrogen) atoms. The number of sulfonamides is 1. The van der Waals surface area contributed by atoms with E-state index >= 15 is 0 Å². The molecule has 0 spiro atoms. The lowest BCUT2D eigenvalue weighted by molar-refractivity contribution is -0.144. The zero-order chi connectivity index (χ0) is 19.1. The lowest BCUT2D eigenvalue weighted by Gasteiger charge is -2.31. The molecular formula is C18H24N2O5S. The summed E-state index contributed by atoms with van der Waals surface area (Å²) in [5.74, 6) is -1.63. The van der Waals surface area contributed by atoms with E-state index in [-0.39, 0.29) is 24.9 Å². The summed E-state index contributed by atoms with van der Waals surface area (Å²) in [5, 5.41) is 11.8. The van der Waals surface area contributed by atoms with E-state index in [2.05, 4.69) is 5.32 Å². The minimum absolute atomic E-state index is 0.258. The van der Waals surface area contributed by atoms with Crippen molar-refractivity contribution in [2.24, 2.45) is 5.92 Å². The Hall–Kier alpha value is -1.93. The van der Waals surface area contributed by atoms with Crippen LogP contribution in [0.3, 0.4) is 0 Å². The van der Waals surface area contributed by atoms with Crippen LogP contribution in [0.1, 0.15) is 36.8 Å². The first-order valence-electron chi connectivity index (χ1n) is 8.78. The second kappa shape index (κ2) is 6.66. The predicted molar refractivity (Wildman–Crippen MR) is 95.1 cm³/mol. The molecule has 142 valence electrons. The smallest absolute Gasteiger partial charge is 0.329 e. The van der Waals surface area contributed by atoms with Crippen LogP contribution < -0.4 is 5.32 Å². The van der Waals surface area contributed by atoms with E-state index in [1.807, 2.05) is 13.0 Å². The first-order valence-corrected chi connectivity index (χ1v) is 10.2. The van der Waals surface area contributed by atoms with E-state index in [0.29, 0.717) is 36.1 Å². The van der Waals surface area contributed by atoms with Gasteiger partial charge in [0.1, 0.15) is 5.54 Å². The highest BCUT2D eigenvalue weighted by Gasteiger charge is 2.52. The van der Waals surface area contributed by atoms with Crippen LogP contribution in [0.4, 0.5) is 0 Å². The van der Waals surface area contributed by atoms with Crippen molar-refractivity contribution in [2.45, 2.75) is 50.0 Å². The van der Waals surface area contributed by atoms with Crippen LogP contribution >= 0.6 is 0 Å². The molecule has 0 bridgehead atoms. The molecule has 2 fully saturated rings. The molecule has 1 amide bonds. The largest absolute Gasteiger partial charge is 0.480 e. The average Bonchev–Trinajstić information content (AvgIpc) is 3.35. The first kappa shape index (κ1) is 18.8. The number of nitrogens with one attached hydrogen (secondary N) is 1. The fraction of sp³-hybridized carbons (Fsp3) is 0.556. The number of amides is 1. The zero-order valence-electron chi connectivity index (χ0n) is 15.0. The standard InChI is InChI=1S/C18H24N2O5S/c1-12-3-4-15(13(2)11-12)26(24,25)20-9-5-14(6-10-20)16(21)19-18(7-8-18)17(22)23/h3-4,11,14H,5-10H2,1-2H3,(H,19,21)(H,22,23). The van der Waals surface area contributed by atoms with Gasteiger partial charge < -0.3 is 10.4 Å². The van der Waals surface area contributed by atoms with Crippen LogP contribution in [0.15, 0.2) is 23.1 Å². The molecule has 1 saturated carbocycles. The third-order valence-electron chi connectivity index (χ3n) is 5.29. The summed E-state index contributed by atoms with van der Waals surface area (Å²) < 4.78 is 27.2. The number of hydrogen-bond acceptors (Lipinski definition) is 4. The highest BCUT2D eigenvalue weighted by molar-refractivity contribution is 7.89. The number of piperidine rings is 1. The number of carboxylic acid groups (broad SMARTS) is 1. The van der Waals surface area contributed by atoms with Gasteiger partial charge in [0, 0.05) is 19.0 Å². The van der Waals surface area contributed by atoms with E-state index in [1.165, 1.54) is 4.31 Å². The highest BCUT2D eigenvalue weighted by atomic mass is 32.2. The molecule has 3 rings (SSSR count). The number of aryl methyl sites for hydroxylation is 2. The SMILES string of the molecule is Cc1ccc(S(=O)(=O)N2CCC(C(=O)NC3(C(=O)O)CC3)CC2)c(C)c1. The Kier molecular flexibility index (Phi) is 4.83. The second-order valence-corrected chi connectivity index (χ2v) is 9.23. The number of rotatable bonds is 5. The molecule has 0 radical (unpaired) electrons. The average molecular weight is 380 g/mol. The van der Waals surface area contributed by atoms with Crippen molar-refractivity contribution in [1.29, 1.82) is 0 Å². The zero-order valence-corrected chi connectivity index (χ0v) is 15.8. The molecule has 1 aromatic carbocycles. The maximum atomic E-state index is 12.9. The summed E-state index contributed by atoms with van der Waals surface area (Å²) in [6, 6.07) is 5.25.